The fourth-order valence-corrected chi connectivity index (χ4v) is 5.30. The van der Waals surface area contributed by atoms with Crippen LogP contribution in [0.1, 0.15) is 39.5 Å². The minimum absolute atomic E-state index is 0.0546. The zero-order valence-electron chi connectivity index (χ0n) is 17.1. The average Bonchev–Trinajstić information content (AvgIpc) is 3.22. The largest absolute Gasteiger partial charge is 0.341 e. The van der Waals surface area contributed by atoms with E-state index in [2.05, 4.69) is 14.9 Å². The van der Waals surface area contributed by atoms with Gasteiger partial charge in [0.25, 0.3) is 0 Å². The molecule has 0 bridgehead atoms. The molecule has 0 spiro atoms. The van der Waals surface area contributed by atoms with E-state index in [0.29, 0.717) is 24.8 Å². The molecule has 2 amide bonds. The van der Waals surface area contributed by atoms with Gasteiger partial charge in [0.2, 0.25) is 21.8 Å². The van der Waals surface area contributed by atoms with Crippen molar-refractivity contribution in [3.8, 4) is 0 Å². The van der Waals surface area contributed by atoms with E-state index in [1.165, 1.54) is 44.0 Å². The average molecular weight is 423 g/mol. The van der Waals surface area contributed by atoms with Gasteiger partial charge in [-0.2, -0.15) is 4.72 Å². The normalized spacial score (nSPS) is 19.9. The quantitative estimate of drug-likeness (QED) is 0.722. The van der Waals surface area contributed by atoms with Gasteiger partial charge in [0.1, 0.15) is 0 Å². The number of hydrogen-bond acceptors (Lipinski definition) is 5. The number of anilines is 1. The number of rotatable bonds is 6. The topological polar surface area (TPSA) is 98.8 Å². The van der Waals surface area contributed by atoms with Gasteiger partial charge in [-0.3, -0.25) is 9.59 Å². The predicted molar refractivity (Wildman–Crippen MR) is 111 cm³/mol. The highest BCUT2D eigenvalue weighted by Crippen LogP contribution is 2.22. The van der Waals surface area contributed by atoms with E-state index in [4.69, 9.17) is 0 Å². The standard InChI is InChI=1S/C20H30N4O4S/c1-15(20(26)24-13-9-18(10-14-24)23-11-3-4-12-23)22-29(27,28)19-7-5-17(6-8-19)21-16(2)25/h5-8,15,18,22H,3-4,9-14H2,1-2H3,(H,21,25)/t15-/m0/s1. The lowest BCUT2D eigenvalue weighted by Gasteiger charge is -2.37. The first-order chi connectivity index (χ1) is 13.8. The van der Waals surface area contributed by atoms with Crippen molar-refractivity contribution in [2.24, 2.45) is 0 Å². The van der Waals surface area contributed by atoms with Crippen molar-refractivity contribution < 1.29 is 18.0 Å². The van der Waals surface area contributed by atoms with E-state index in [-0.39, 0.29) is 16.7 Å². The van der Waals surface area contributed by atoms with E-state index in [1.807, 2.05) is 0 Å². The molecule has 1 aromatic rings. The highest BCUT2D eigenvalue weighted by Gasteiger charge is 2.31. The van der Waals surface area contributed by atoms with Crippen LogP contribution < -0.4 is 10.0 Å². The molecule has 3 rings (SSSR count). The van der Waals surface area contributed by atoms with E-state index in [1.54, 1.807) is 11.8 Å². The molecule has 1 aromatic carbocycles. The number of amides is 2. The first-order valence-corrected chi connectivity index (χ1v) is 11.7. The highest BCUT2D eigenvalue weighted by atomic mass is 32.2. The Morgan fingerprint density at radius 1 is 1.03 bits per heavy atom. The summed E-state index contributed by atoms with van der Waals surface area (Å²) >= 11 is 0. The maximum atomic E-state index is 12.7. The van der Waals surface area contributed by atoms with Crippen LogP contribution in [0.15, 0.2) is 29.2 Å². The summed E-state index contributed by atoms with van der Waals surface area (Å²) in [5.74, 6) is -0.422. The Labute approximate surface area is 172 Å². The van der Waals surface area contributed by atoms with Gasteiger partial charge in [-0.1, -0.05) is 0 Å². The van der Waals surface area contributed by atoms with Gasteiger partial charge in [0.15, 0.2) is 0 Å². The molecule has 8 nitrogen and oxygen atoms in total. The summed E-state index contributed by atoms with van der Waals surface area (Å²) in [6.45, 7) is 6.59. The monoisotopic (exact) mass is 422 g/mol. The second-order valence-corrected chi connectivity index (χ2v) is 9.56. The van der Waals surface area contributed by atoms with Gasteiger partial charge < -0.3 is 15.1 Å². The summed E-state index contributed by atoms with van der Waals surface area (Å²) in [7, 11) is -3.83. The van der Waals surface area contributed by atoms with Crippen LogP contribution in [0.4, 0.5) is 5.69 Å². The predicted octanol–water partition coefficient (Wildman–Crippen LogP) is 1.40. The van der Waals surface area contributed by atoms with Crippen LogP contribution in [-0.4, -0.2) is 68.3 Å². The fraction of sp³-hybridized carbons (Fsp3) is 0.600. The van der Waals surface area contributed by atoms with Crippen molar-refractivity contribution in [1.82, 2.24) is 14.5 Å². The maximum Gasteiger partial charge on any atom is 0.241 e. The van der Waals surface area contributed by atoms with Crippen LogP contribution >= 0.6 is 0 Å². The molecule has 0 radical (unpaired) electrons. The third kappa shape index (κ3) is 5.55. The molecule has 0 aromatic heterocycles. The van der Waals surface area contributed by atoms with Crippen LogP contribution in [0.3, 0.4) is 0 Å². The van der Waals surface area contributed by atoms with Crippen LogP contribution in [0.2, 0.25) is 0 Å². The summed E-state index contributed by atoms with van der Waals surface area (Å²) in [6, 6.07) is 5.56. The summed E-state index contributed by atoms with van der Waals surface area (Å²) in [5, 5.41) is 2.59. The van der Waals surface area contributed by atoms with E-state index < -0.39 is 16.1 Å². The number of benzene rings is 1. The van der Waals surface area contributed by atoms with Crippen molar-refractivity contribution in [2.75, 3.05) is 31.5 Å². The number of likely N-dealkylation sites (tertiary alicyclic amines) is 2. The van der Waals surface area contributed by atoms with Crippen LogP contribution in [0.25, 0.3) is 0 Å². The molecule has 1 atom stereocenters. The van der Waals surface area contributed by atoms with Crippen LogP contribution in [0.5, 0.6) is 0 Å². The Morgan fingerprint density at radius 3 is 2.17 bits per heavy atom. The number of nitrogens with zero attached hydrogens (tertiary/aromatic N) is 2. The Morgan fingerprint density at radius 2 is 1.62 bits per heavy atom. The van der Waals surface area contributed by atoms with E-state index >= 15 is 0 Å². The Kier molecular flexibility index (Phi) is 6.92. The molecule has 160 valence electrons. The van der Waals surface area contributed by atoms with Gasteiger partial charge in [0, 0.05) is 31.7 Å². The number of piperidine rings is 1. The maximum absolute atomic E-state index is 12.7. The lowest BCUT2D eigenvalue weighted by Crippen LogP contribution is -2.51. The molecular formula is C20H30N4O4S. The lowest BCUT2D eigenvalue weighted by molar-refractivity contribution is -0.134. The van der Waals surface area contributed by atoms with Crippen molar-refractivity contribution >= 4 is 27.5 Å². The molecule has 0 aliphatic carbocycles. The number of nitrogens with one attached hydrogen (secondary N) is 2. The fourth-order valence-electron chi connectivity index (χ4n) is 4.10. The molecule has 2 N–H and O–H groups in total. The minimum Gasteiger partial charge on any atom is -0.341 e. The lowest BCUT2D eigenvalue weighted by atomic mass is 10.0. The first-order valence-electron chi connectivity index (χ1n) is 10.2. The highest BCUT2D eigenvalue weighted by molar-refractivity contribution is 7.89. The number of carbonyl (C=O) groups excluding carboxylic acids is 2. The van der Waals surface area contributed by atoms with Gasteiger partial charge in [-0.15, -0.1) is 0 Å². The molecule has 2 fully saturated rings. The summed E-state index contributed by atoms with van der Waals surface area (Å²) in [6.07, 6.45) is 4.39. The van der Waals surface area contributed by atoms with Crippen LogP contribution in [0, 0.1) is 0 Å². The van der Waals surface area contributed by atoms with Crippen LogP contribution in [-0.2, 0) is 19.6 Å². The summed E-state index contributed by atoms with van der Waals surface area (Å²) in [5.41, 5.74) is 0.515. The third-order valence-corrected chi connectivity index (χ3v) is 7.18. The minimum atomic E-state index is -3.83. The van der Waals surface area contributed by atoms with Gasteiger partial charge in [0.05, 0.1) is 10.9 Å². The molecule has 2 saturated heterocycles. The number of hydrogen-bond donors (Lipinski definition) is 2. The zero-order valence-corrected chi connectivity index (χ0v) is 17.9. The van der Waals surface area contributed by atoms with E-state index in [9.17, 15) is 18.0 Å². The Balaban J connectivity index is 1.55. The zero-order chi connectivity index (χ0) is 21.0. The Bertz CT molecular complexity index is 827. The third-order valence-electron chi connectivity index (χ3n) is 5.62. The van der Waals surface area contributed by atoms with Gasteiger partial charge >= 0.3 is 0 Å². The summed E-state index contributed by atoms with van der Waals surface area (Å²) < 4.78 is 27.7. The second kappa shape index (κ2) is 9.23. The molecule has 9 heteroatoms. The molecule has 2 aliphatic rings. The van der Waals surface area contributed by atoms with Crippen molar-refractivity contribution in [3.63, 3.8) is 0 Å². The van der Waals surface area contributed by atoms with E-state index in [0.717, 1.165) is 25.9 Å². The molecule has 29 heavy (non-hydrogen) atoms. The van der Waals surface area contributed by atoms with Crippen molar-refractivity contribution in [3.05, 3.63) is 24.3 Å². The number of sulfonamides is 1. The van der Waals surface area contributed by atoms with Gasteiger partial charge in [-0.25, -0.2) is 8.42 Å². The van der Waals surface area contributed by atoms with Gasteiger partial charge in [-0.05, 0) is 70.0 Å². The molecule has 0 unspecified atom stereocenters. The molecule has 0 saturated carbocycles. The first kappa shape index (κ1) is 21.7. The molecule has 2 aliphatic heterocycles. The molecular weight excluding hydrogens is 392 g/mol. The Hall–Kier alpha value is -1.97. The SMILES string of the molecule is CC(=O)Nc1ccc(S(=O)(=O)N[C@@H](C)C(=O)N2CCC(N3CCCC3)CC2)cc1. The second-order valence-electron chi connectivity index (χ2n) is 7.85. The van der Waals surface area contributed by atoms with Crippen molar-refractivity contribution in [2.45, 2.75) is 56.5 Å². The summed E-state index contributed by atoms with van der Waals surface area (Å²) in [4.78, 5) is 28.2. The smallest absolute Gasteiger partial charge is 0.241 e. The number of carbonyl (C=O) groups is 2. The van der Waals surface area contributed by atoms with Crippen molar-refractivity contribution in [1.29, 1.82) is 0 Å². The molecule has 2 heterocycles.